The number of rotatable bonds is 17. The van der Waals surface area contributed by atoms with E-state index in [2.05, 4.69) is 25.6 Å². The molecule has 0 radical (unpaired) electrons. The van der Waals surface area contributed by atoms with Gasteiger partial charge in [-0.15, -0.1) is 5.10 Å². The second-order valence-electron chi connectivity index (χ2n) is 8.40. The topological polar surface area (TPSA) is 147 Å². The van der Waals surface area contributed by atoms with E-state index >= 15 is 0 Å². The number of nitrogens with zero attached hydrogens (tertiary/aromatic N) is 6. The summed E-state index contributed by atoms with van der Waals surface area (Å²) in [6.07, 6.45) is 0.971. The molecule has 2 aromatic carbocycles. The van der Waals surface area contributed by atoms with Crippen molar-refractivity contribution < 1.29 is 17.9 Å². The van der Waals surface area contributed by atoms with Gasteiger partial charge in [-0.1, -0.05) is 24.3 Å². The minimum absolute atomic E-state index is 0.275. The summed E-state index contributed by atoms with van der Waals surface area (Å²) in [5.74, 6) is 0.668. The summed E-state index contributed by atoms with van der Waals surface area (Å²) in [4.78, 5) is 2.24. The molecule has 3 rings (SSSR count). The van der Waals surface area contributed by atoms with Gasteiger partial charge < -0.3 is 19.7 Å². The van der Waals surface area contributed by atoms with E-state index in [1.54, 1.807) is 16.8 Å². The van der Waals surface area contributed by atoms with E-state index in [1.165, 1.54) is 0 Å². The third kappa shape index (κ3) is 8.44. The Morgan fingerprint density at radius 2 is 1.78 bits per heavy atom. The number of nitriles is 1. The summed E-state index contributed by atoms with van der Waals surface area (Å²) in [5, 5.41) is 25.0. The molecule has 12 nitrogen and oxygen atoms in total. The second-order valence-corrected chi connectivity index (χ2v) is 10.1. The van der Waals surface area contributed by atoms with Crippen molar-refractivity contribution in [2.24, 2.45) is 0 Å². The standard InChI is InChI=1S/C24H34N8O4S/c1-31(2)22-9-3-8-21-20(22)7-4-10-23(21)37(33,34)27-13-6-12-26-19-24-28-29-30-32(24)14-16-36-18-17-35-15-5-11-25/h3-4,7-10,26-27H,5-6,12-19H2,1-2H3. The van der Waals surface area contributed by atoms with Gasteiger partial charge in [0, 0.05) is 37.1 Å². The van der Waals surface area contributed by atoms with Crippen LogP contribution >= 0.6 is 0 Å². The first-order valence-electron chi connectivity index (χ1n) is 12.1. The highest BCUT2D eigenvalue weighted by atomic mass is 32.2. The number of benzene rings is 2. The number of aromatic nitrogens is 4. The molecule has 0 amide bonds. The summed E-state index contributed by atoms with van der Waals surface area (Å²) in [6.45, 7) is 3.56. The lowest BCUT2D eigenvalue weighted by molar-refractivity contribution is 0.0455. The fraction of sp³-hybridized carbons (Fsp3) is 0.500. The molecule has 0 bridgehead atoms. The lowest BCUT2D eigenvalue weighted by atomic mass is 10.1. The minimum atomic E-state index is -3.66. The van der Waals surface area contributed by atoms with Crippen molar-refractivity contribution in [3.63, 3.8) is 0 Å². The third-order valence-electron chi connectivity index (χ3n) is 5.52. The zero-order valence-corrected chi connectivity index (χ0v) is 22.1. The van der Waals surface area contributed by atoms with Crippen molar-refractivity contribution in [3.8, 4) is 6.07 Å². The van der Waals surface area contributed by atoms with E-state index in [-0.39, 0.29) is 4.90 Å². The van der Waals surface area contributed by atoms with Gasteiger partial charge in [-0.25, -0.2) is 17.8 Å². The van der Waals surface area contributed by atoms with Gasteiger partial charge in [0.05, 0.1) is 56.9 Å². The fourth-order valence-corrected chi connectivity index (χ4v) is 4.99. The van der Waals surface area contributed by atoms with Crippen LogP contribution in [0.15, 0.2) is 41.3 Å². The maximum Gasteiger partial charge on any atom is 0.241 e. The number of ether oxygens (including phenoxy) is 2. The molecule has 0 aliphatic rings. The number of nitrogens with one attached hydrogen (secondary N) is 2. The number of anilines is 1. The Morgan fingerprint density at radius 3 is 2.57 bits per heavy atom. The van der Waals surface area contributed by atoms with Gasteiger partial charge in [0.2, 0.25) is 10.0 Å². The lowest BCUT2D eigenvalue weighted by Gasteiger charge is -2.17. The highest BCUT2D eigenvalue weighted by Crippen LogP contribution is 2.30. The Balaban J connectivity index is 1.39. The smallest absolute Gasteiger partial charge is 0.241 e. The molecule has 0 saturated heterocycles. The van der Waals surface area contributed by atoms with E-state index in [9.17, 15) is 8.42 Å². The molecule has 0 fully saturated rings. The van der Waals surface area contributed by atoms with Gasteiger partial charge in [0.25, 0.3) is 0 Å². The molecule has 0 aliphatic heterocycles. The fourth-order valence-electron chi connectivity index (χ4n) is 3.70. The van der Waals surface area contributed by atoms with Crippen LogP contribution in [-0.2, 0) is 32.6 Å². The summed E-state index contributed by atoms with van der Waals surface area (Å²) >= 11 is 0. The van der Waals surface area contributed by atoms with Crippen molar-refractivity contribution in [1.29, 1.82) is 5.26 Å². The number of hydrogen-bond acceptors (Lipinski definition) is 10. The number of sulfonamides is 1. The average Bonchev–Trinajstić information content (AvgIpc) is 3.33. The first-order chi connectivity index (χ1) is 17.9. The van der Waals surface area contributed by atoms with Gasteiger partial charge in [-0.3, -0.25) is 0 Å². The molecule has 0 saturated carbocycles. The van der Waals surface area contributed by atoms with Crippen LogP contribution in [0.2, 0.25) is 0 Å². The van der Waals surface area contributed by atoms with Crippen molar-refractivity contribution in [2.45, 2.75) is 30.8 Å². The van der Waals surface area contributed by atoms with Gasteiger partial charge >= 0.3 is 0 Å². The Morgan fingerprint density at radius 1 is 1.03 bits per heavy atom. The predicted octanol–water partition coefficient (Wildman–Crippen LogP) is 1.30. The molecule has 0 unspecified atom stereocenters. The molecule has 1 aromatic heterocycles. The van der Waals surface area contributed by atoms with Crippen molar-refractivity contribution in [1.82, 2.24) is 30.2 Å². The van der Waals surface area contributed by atoms with Crippen molar-refractivity contribution >= 4 is 26.5 Å². The monoisotopic (exact) mass is 530 g/mol. The molecule has 3 aromatic rings. The number of fused-ring (bicyclic) bond motifs is 1. The predicted molar refractivity (Wildman–Crippen MR) is 139 cm³/mol. The highest BCUT2D eigenvalue weighted by Gasteiger charge is 2.18. The zero-order chi connectivity index (χ0) is 26.5. The van der Waals surface area contributed by atoms with E-state index < -0.39 is 10.0 Å². The van der Waals surface area contributed by atoms with Gasteiger partial charge in [0.1, 0.15) is 0 Å². The highest BCUT2D eigenvalue weighted by molar-refractivity contribution is 7.89. The lowest BCUT2D eigenvalue weighted by Crippen LogP contribution is -2.28. The molecule has 0 atom stereocenters. The Labute approximate surface area is 217 Å². The summed E-state index contributed by atoms with van der Waals surface area (Å²) in [6, 6.07) is 13.0. The quantitative estimate of drug-likeness (QED) is 0.245. The zero-order valence-electron chi connectivity index (χ0n) is 21.3. The molecule has 37 heavy (non-hydrogen) atoms. The minimum Gasteiger partial charge on any atom is -0.378 e. The van der Waals surface area contributed by atoms with Crippen LogP contribution in [0.3, 0.4) is 0 Å². The molecular weight excluding hydrogens is 496 g/mol. The Kier molecular flexibility index (Phi) is 11.2. The van der Waals surface area contributed by atoms with Crippen LogP contribution in [-0.4, -0.2) is 82.2 Å². The Hall–Kier alpha value is -3.15. The average molecular weight is 531 g/mol. The van der Waals surface area contributed by atoms with Crippen molar-refractivity contribution in [3.05, 3.63) is 42.2 Å². The van der Waals surface area contributed by atoms with Crippen LogP contribution in [0.1, 0.15) is 18.7 Å². The van der Waals surface area contributed by atoms with Gasteiger partial charge in [0.15, 0.2) is 5.82 Å². The largest absolute Gasteiger partial charge is 0.378 e. The maximum absolute atomic E-state index is 13.0. The van der Waals surface area contributed by atoms with Gasteiger partial charge in [-0.2, -0.15) is 5.26 Å². The summed E-state index contributed by atoms with van der Waals surface area (Å²) < 4.78 is 41.1. The van der Waals surface area contributed by atoms with Crippen LogP contribution in [0.25, 0.3) is 10.8 Å². The van der Waals surface area contributed by atoms with E-state index in [1.807, 2.05) is 49.3 Å². The first-order valence-corrected chi connectivity index (χ1v) is 13.6. The normalized spacial score (nSPS) is 11.6. The molecular formula is C24H34N8O4S. The van der Waals surface area contributed by atoms with Crippen LogP contribution in [0.5, 0.6) is 0 Å². The summed E-state index contributed by atoms with van der Waals surface area (Å²) in [5.41, 5.74) is 0.966. The molecule has 13 heteroatoms. The maximum atomic E-state index is 13.0. The second kappa shape index (κ2) is 14.6. The third-order valence-corrected chi connectivity index (χ3v) is 7.04. The summed E-state index contributed by atoms with van der Waals surface area (Å²) in [7, 11) is 0.213. The van der Waals surface area contributed by atoms with Crippen LogP contribution in [0.4, 0.5) is 5.69 Å². The molecule has 1 heterocycles. The van der Waals surface area contributed by atoms with Gasteiger partial charge in [-0.05, 0) is 35.5 Å². The molecule has 2 N–H and O–H groups in total. The first kappa shape index (κ1) is 28.4. The number of tetrazole rings is 1. The van der Waals surface area contributed by atoms with E-state index in [0.29, 0.717) is 76.7 Å². The molecule has 0 aliphatic carbocycles. The van der Waals surface area contributed by atoms with Crippen LogP contribution < -0.4 is 14.9 Å². The molecule has 0 spiro atoms. The number of hydrogen-bond donors (Lipinski definition) is 2. The van der Waals surface area contributed by atoms with Crippen LogP contribution in [0, 0.1) is 11.3 Å². The SMILES string of the molecule is CN(C)c1cccc2c(S(=O)(=O)NCCCNCc3nnnn3CCOCCOCCC#N)cccc12. The van der Waals surface area contributed by atoms with E-state index in [4.69, 9.17) is 14.7 Å². The molecule has 200 valence electrons. The van der Waals surface area contributed by atoms with Crippen molar-refractivity contribution in [2.75, 3.05) is 58.5 Å². The van der Waals surface area contributed by atoms with E-state index in [0.717, 1.165) is 11.1 Å². The Bertz CT molecular complexity index is 1270.